The first-order valence-corrected chi connectivity index (χ1v) is 2.88. The third-order valence-electron chi connectivity index (χ3n) is 1.54. The van der Waals surface area contributed by atoms with Crippen LogP contribution in [0.1, 0.15) is 6.92 Å². The van der Waals surface area contributed by atoms with Gasteiger partial charge in [-0.25, -0.2) is 0 Å². The van der Waals surface area contributed by atoms with E-state index in [0.717, 1.165) is 5.94 Å². The van der Waals surface area contributed by atoms with Crippen molar-refractivity contribution in [1.29, 1.82) is 0 Å². The van der Waals surface area contributed by atoms with E-state index in [9.17, 15) is 0 Å². The summed E-state index contributed by atoms with van der Waals surface area (Å²) in [5, 5.41) is 0. The van der Waals surface area contributed by atoms with E-state index >= 15 is 0 Å². The molecule has 1 aliphatic heterocycles. The van der Waals surface area contributed by atoms with Crippen molar-refractivity contribution in [2.45, 2.75) is 19.7 Å². The number of hydrogen-bond acceptors (Lipinski definition) is 1. The van der Waals surface area contributed by atoms with Crippen LogP contribution in [0.3, 0.4) is 0 Å². The van der Waals surface area contributed by atoms with Gasteiger partial charge in [0.2, 0.25) is 0 Å². The molecule has 1 saturated heterocycles. The Morgan fingerprint density at radius 3 is 2.29 bits per heavy atom. The fourth-order valence-corrected chi connectivity index (χ4v) is 0.676. The summed E-state index contributed by atoms with van der Waals surface area (Å²) >= 11 is 0. The van der Waals surface area contributed by atoms with Crippen LogP contribution < -0.4 is 0 Å². The highest BCUT2D eigenvalue weighted by molar-refractivity contribution is 6.35. The molecular weight excluding hydrogens is 84.9 g/mol. The summed E-state index contributed by atoms with van der Waals surface area (Å²) in [6, 6.07) is 0. The summed E-state index contributed by atoms with van der Waals surface area (Å²) in [4.78, 5) is 2.42. The van der Waals surface area contributed by atoms with E-state index in [-0.39, 0.29) is 0 Å². The molecule has 0 saturated carbocycles. The predicted octanol–water partition coefficient (Wildman–Crippen LogP) is 0.400. The third kappa shape index (κ3) is 1.20. The van der Waals surface area contributed by atoms with Gasteiger partial charge in [-0.2, -0.15) is 0 Å². The molecule has 1 nitrogen and oxygen atoms in total. The molecule has 0 spiro atoms. The predicted molar refractivity (Wildman–Crippen MR) is 32.7 cm³/mol. The second kappa shape index (κ2) is 1.87. The van der Waals surface area contributed by atoms with E-state index in [0.29, 0.717) is 0 Å². The monoisotopic (exact) mass is 96.1 g/mol. The van der Waals surface area contributed by atoms with Crippen molar-refractivity contribution in [2.24, 2.45) is 0 Å². The zero-order chi connectivity index (χ0) is 5.28. The zero-order valence-corrected chi connectivity index (χ0v) is 5.02. The summed E-state index contributed by atoms with van der Waals surface area (Å²) in [5.74, 6) is 0.722. The van der Waals surface area contributed by atoms with Gasteiger partial charge in [0.25, 0.3) is 0 Å². The van der Waals surface area contributed by atoms with Crippen LogP contribution in [0, 0.1) is 0 Å². The van der Waals surface area contributed by atoms with Crippen molar-refractivity contribution >= 4 is 7.28 Å². The molecule has 0 aromatic carbocycles. The average Bonchev–Trinajstić information content (AvgIpc) is 2.44. The van der Waals surface area contributed by atoms with Crippen molar-refractivity contribution in [3.8, 4) is 0 Å². The maximum Gasteiger partial charge on any atom is 0.129 e. The summed E-state index contributed by atoms with van der Waals surface area (Å²) in [7, 11) is 2.23. The summed E-state index contributed by atoms with van der Waals surface area (Å²) in [6.07, 6.45) is 0. The second-order valence-electron chi connectivity index (χ2n) is 2.11. The molecule has 0 aliphatic carbocycles. The molecule has 1 heterocycles. The lowest BCUT2D eigenvalue weighted by Crippen LogP contribution is -2.19. The van der Waals surface area contributed by atoms with Crippen molar-refractivity contribution in [3.05, 3.63) is 0 Å². The number of hydrogen-bond donors (Lipinski definition) is 0. The topological polar surface area (TPSA) is 3.01 Å². The van der Waals surface area contributed by atoms with E-state index in [1.54, 1.807) is 0 Å². The van der Waals surface area contributed by atoms with Gasteiger partial charge in [0.1, 0.15) is 7.28 Å². The highest BCUT2D eigenvalue weighted by Crippen LogP contribution is 2.07. The Hall–Kier alpha value is 0.0249. The minimum Gasteiger partial charge on any atom is -0.306 e. The minimum atomic E-state index is 0.722. The van der Waals surface area contributed by atoms with Crippen LogP contribution >= 0.6 is 0 Å². The molecule has 2 heteroatoms. The van der Waals surface area contributed by atoms with Crippen LogP contribution in [0.4, 0.5) is 0 Å². The van der Waals surface area contributed by atoms with Gasteiger partial charge >= 0.3 is 0 Å². The van der Waals surface area contributed by atoms with Crippen molar-refractivity contribution in [1.82, 2.24) is 4.90 Å². The summed E-state index contributed by atoms with van der Waals surface area (Å²) in [6.45, 7) is 6.97. The molecular formula is C5H11BN. The smallest absolute Gasteiger partial charge is 0.129 e. The first-order chi connectivity index (χ1) is 3.34. The number of nitrogens with zero attached hydrogens (tertiary/aromatic N) is 1. The van der Waals surface area contributed by atoms with E-state index in [1.807, 2.05) is 0 Å². The van der Waals surface area contributed by atoms with Gasteiger partial charge in [-0.1, -0.05) is 13.7 Å². The Balaban J connectivity index is 2.10. The van der Waals surface area contributed by atoms with Crippen molar-refractivity contribution in [3.63, 3.8) is 0 Å². The lowest BCUT2D eigenvalue weighted by atomic mass is 9.73. The zero-order valence-electron chi connectivity index (χ0n) is 5.02. The van der Waals surface area contributed by atoms with Crippen LogP contribution in [0.2, 0.25) is 6.82 Å². The molecule has 1 aliphatic rings. The Kier molecular flexibility index (Phi) is 1.38. The van der Waals surface area contributed by atoms with E-state index in [1.165, 1.54) is 13.1 Å². The van der Waals surface area contributed by atoms with Crippen LogP contribution in [0.5, 0.6) is 0 Å². The quantitative estimate of drug-likeness (QED) is 0.355. The maximum atomic E-state index is 2.42. The van der Waals surface area contributed by atoms with E-state index in [2.05, 4.69) is 25.9 Å². The van der Waals surface area contributed by atoms with E-state index in [4.69, 9.17) is 0 Å². The van der Waals surface area contributed by atoms with Gasteiger partial charge in [-0.15, -0.1) is 0 Å². The van der Waals surface area contributed by atoms with Crippen molar-refractivity contribution < 1.29 is 0 Å². The molecule has 1 rings (SSSR count). The first-order valence-electron chi connectivity index (χ1n) is 2.88. The summed E-state index contributed by atoms with van der Waals surface area (Å²) in [5.41, 5.74) is 0. The molecule has 7 heavy (non-hydrogen) atoms. The standard InChI is InChI=1S/C5H11BN/c1-5(6-2)7-3-4-7/h5H,3-4H2,1-2H3. The average molecular weight is 96.0 g/mol. The molecule has 0 N–H and O–H groups in total. The summed E-state index contributed by atoms with van der Waals surface area (Å²) < 4.78 is 0. The van der Waals surface area contributed by atoms with Crippen LogP contribution in [0.15, 0.2) is 0 Å². The Bertz CT molecular complexity index is 61.1. The van der Waals surface area contributed by atoms with Crippen molar-refractivity contribution in [2.75, 3.05) is 13.1 Å². The Morgan fingerprint density at radius 2 is 2.14 bits per heavy atom. The molecule has 0 amide bonds. The lowest BCUT2D eigenvalue weighted by Gasteiger charge is -2.05. The molecule has 0 aromatic rings. The normalized spacial score (nSPS) is 24.3. The van der Waals surface area contributed by atoms with Crippen LogP contribution in [-0.2, 0) is 0 Å². The molecule has 1 fully saturated rings. The lowest BCUT2D eigenvalue weighted by molar-refractivity contribution is 0.539. The first kappa shape index (κ1) is 5.17. The molecule has 39 valence electrons. The van der Waals surface area contributed by atoms with Crippen LogP contribution in [0.25, 0.3) is 0 Å². The highest BCUT2D eigenvalue weighted by atomic mass is 15.3. The minimum absolute atomic E-state index is 0.722. The molecule has 0 bridgehead atoms. The third-order valence-corrected chi connectivity index (χ3v) is 1.54. The fourth-order valence-electron chi connectivity index (χ4n) is 0.676. The van der Waals surface area contributed by atoms with Gasteiger partial charge in [0.15, 0.2) is 0 Å². The molecule has 1 unspecified atom stereocenters. The molecule has 1 atom stereocenters. The Morgan fingerprint density at radius 1 is 1.57 bits per heavy atom. The van der Waals surface area contributed by atoms with Gasteiger partial charge in [0, 0.05) is 13.1 Å². The van der Waals surface area contributed by atoms with Gasteiger partial charge < -0.3 is 4.90 Å². The largest absolute Gasteiger partial charge is 0.306 e. The molecule has 0 aromatic heterocycles. The maximum absolute atomic E-state index is 2.42. The fraction of sp³-hybridized carbons (Fsp3) is 1.00. The van der Waals surface area contributed by atoms with E-state index < -0.39 is 0 Å². The van der Waals surface area contributed by atoms with Gasteiger partial charge in [-0.3, -0.25) is 0 Å². The van der Waals surface area contributed by atoms with Gasteiger partial charge in [0.05, 0.1) is 0 Å². The Labute approximate surface area is 45.9 Å². The number of rotatable bonds is 2. The SMILES string of the molecule is C[B]C(C)N1CC1. The van der Waals surface area contributed by atoms with Crippen LogP contribution in [-0.4, -0.2) is 31.2 Å². The highest BCUT2D eigenvalue weighted by Gasteiger charge is 2.21. The molecule has 1 radical (unpaired) electrons. The van der Waals surface area contributed by atoms with Gasteiger partial charge in [-0.05, 0) is 5.94 Å². The second-order valence-corrected chi connectivity index (χ2v) is 2.11.